The van der Waals surface area contributed by atoms with Gasteiger partial charge in [0.15, 0.2) is 0 Å². The number of aromatic nitrogens is 4. The van der Waals surface area contributed by atoms with Crippen molar-refractivity contribution < 1.29 is 9.21 Å². The van der Waals surface area contributed by atoms with Crippen molar-refractivity contribution >= 4 is 11.7 Å². The second-order valence-corrected chi connectivity index (χ2v) is 6.35. The van der Waals surface area contributed by atoms with Crippen molar-refractivity contribution in [1.82, 2.24) is 24.9 Å². The summed E-state index contributed by atoms with van der Waals surface area (Å²) < 4.78 is 7.28. The Hall–Kier alpha value is -3.16. The summed E-state index contributed by atoms with van der Waals surface area (Å²) in [5.41, 5.74) is 1.56. The molecule has 1 N–H and O–H groups in total. The predicted molar refractivity (Wildman–Crippen MR) is 95.4 cm³/mol. The predicted octanol–water partition coefficient (Wildman–Crippen LogP) is 2.94. The number of benzene rings is 1. The maximum atomic E-state index is 12.7. The fraction of sp³-hybridized carbons (Fsp3) is 0.333. The fourth-order valence-corrected chi connectivity index (χ4v) is 3.22. The zero-order valence-electron chi connectivity index (χ0n) is 14.5. The minimum atomic E-state index is -0.0824. The summed E-state index contributed by atoms with van der Waals surface area (Å²) in [5, 5.41) is 15.0. The van der Waals surface area contributed by atoms with E-state index < -0.39 is 0 Å². The standard InChI is InChI=1S/C18H20N6O2/c1-13-21-22-17(26-13)14-5-7-15(8-6-14)20-18(25)24-11-2-4-16(24)12-23-10-3-9-19-23/h3,5-10,16H,2,4,11-12H2,1H3,(H,20,25)/t16-/m0/s1. The maximum Gasteiger partial charge on any atom is 0.322 e. The maximum absolute atomic E-state index is 12.7. The van der Waals surface area contributed by atoms with Crippen LogP contribution in [0.4, 0.5) is 10.5 Å². The van der Waals surface area contributed by atoms with Crippen molar-refractivity contribution in [2.24, 2.45) is 0 Å². The lowest BCUT2D eigenvalue weighted by Gasteiger charge is -2.25. The van der Waals surface area contributed by atoms with Crippen LogP contribution in [0.3, 0.4) is 0 Å². The van der Waals surface area contributed by atoms with Crippen LogP contribution < -0.4 is 5.32 Å². The number of nitrogens with one attached hydrogen (secondary N) is 1. The van der Waals surface area contributed by atoms with Crippen molar-refractivity contribution in [3.05, 3.63) is 48.6 Å². The van der Waals surface area contributed by atoms with E-state index in [0.717, 1.165) is 37.2 Å². The van der Waals surface area contributed by atoms with Gasteiger partial charge in [0.25, 0.3) is 0 Å². The molecule has 1 aromatic carbocycles. The van der Waals surface area contributed by atoms with E-state index in [1.165, 1.54) is 0 Å². The van der Waals surface area contributed by atoms with E-state index in [4.69, 9.17) is 4.42 Å². The van der Waals surface area contributed by atoms with E-state index in [1.54, 1.807) is 13.1 Å². The van der Waals surface area contributed by atoms with E-state index in [-0.39, 0.29) is 12.1 Å². The number of nitrogens with zero attached hydrogens (tertiary/aromatic N) is 5. The summed E-state index contributed by atoms with van der Waals surface area (Å²) in [7, 11) is 0. The van der Waals surface area contributed by atoms with Crippen LogP contribution in [0.5, 0.6) is 0 Å². The molecule has 8 heteroatoms. The molecule has 134 valence electrons. The van der Waals surface area contributed by atoms with Crippen LogP contribution >= 0.6 is 0 Å². The van der Waals surface area contributed by atoms with E-state index in [2.05, 4.69) is 20.6 Å². The van der Waals surface area contributed by atoms with E-state index >= 15 is 0 Å². The third-order valence-corrected chi connectivity index (χ3v) is 4.50. The van der Waals surface area contributed by atoms with Gasteiger partial charge in [-0.3, -0.25) is 4.68 Å². The Morgan fingerprint density at radius 1 is 1.31 bits per heavy atom. The number of amides is 2. The van der Waals surface area contributed by atoms with Crippen molar-refractivity contribution in [1.29, 1.82) is 0 Å². The first-order valence-corrected chi connectivity index (χ1v) is 8.64. The van der Waals surface area contributed by atoms with Crippen molar-refractivity contribution in [2.45, 2.75) is 32.4 Å². The Morgan fingerprint density at radius 2 is 2.15 bits per heavy atom. The summed E-state index contributed by atoms with van der Waals surface area (Å²) >= 11 is 0. The Balaban J connectivity index is 1.40. The number of carbonyl (C=O) groups excluding carboxylic acids is 1. The van der Waals surface area contributed by atoms with Crippen molar-refractivity contribution in [3.8, 4) is 11.5 Å². The molecule has 1 atom stereocenters. The first-order valence-electron chi connectivity index (χ1n) is 8.64. The Kier molecular flexibility index (Phi) is 4.39. The van der Waals surface area contributed by atoms with Crippen molar-refractivity contribution in [3.63, 3.8) is 0 Å². The number of rotatable bonds is 4. The van der Waals surface area contributed by atoms with Gasteiger partial charge in [-0.05, 0) is 43.2 Å². The summed E-state index contributed by atoms with van der Waals surface area (Å²) in [6.07, 6.45) is 5.68. The third kappa shape index (κ3) is 3.44. The highest BCUT2D eigenvalue weighted by Crippen LogP contribution is 2.22. The number of carbonyl (C=O) groups is 1. The van der Waals surface area contributed by atoms with Crippen LogP contribution in [-0.2, 0) is 6.54 Å². The molecule has 4 rings (SSSR count). The molecular formula is C18H20N6O2. The van der Waals surface area contributed by atoms with Gasteiger partial charge in [0.05, 0.1) is 12.6 Å². The lowest BCUT2D eigenvalue weighted by Crippen LogP contribution is -2.40. The van der Waals surface area contributed by atoms with E-state index in [1.807, 2.05) is 46.1 Å². The number of urea groups is 1. The molecule has 0 unspecified atom stereocenters. The van der Waals surface area contributed by atoms with Gasteiger partial charge in [0.1, 0.15) is 0 Å². The lowest BCUT2D eigenvalue weighted by molar-refractivity contribution is 0.199. The molecule has 26 heavy (non-hydrogen) atoms. The van der Waals surface area contributed by atoms with Crippen molar-refractivity contribution in [2.75, 3.05) is 11.9 Å². The van der Waals surface area contributed by atoms with Crippen LogP contribution in [0, 0.1) is 6.92 Å². The SMILES string of the molecule is Cc1nnc(-c2ccc(NC(=O)N3CCC[C@H]3Cn3cccn3)cc2)o1. The van der Waals surface area contributed by atoms with Gasteiger partial charge in [-0.25, -0.2) is 4.79 Å². The largest absolute Gasteiger partial charge is 0.421 e. The number of hydrogen-bond acceptors (Lipinski definition) is 5. The summed E-state index contributed by atoms with van der Waals surface area (Å²) in [4.78, 5) is 14.5. The molecule has 0 spiro atoms. The topological polar surface area (TPSA) is 89.1 Å². The molecular weight excluding hydrogens is 332 g/mol. The van der Waals surface area contributed by atoms with Crippen LogP contribution in [0.1, 0.15) is 18.7 Å². The first kappa shape index (κ1) is 16.3. The molecule has 0 aliphatic carbocycles. The second kappa shape index (κ2) is 6.99. The minimum absolute atomic E-state index is 0.0824. The highest BCUT2D eigenvalue weighted by Gasteiger charge is 2.29. The van der Waals surface area contributed by atoms with Crippen LogP contribution in [0.15, 0.2) is 47.1 Å². The molecule has 0 saturated carbocycles. The highest BCUT2D eigenvalue weighted by molar-refractivity contribution is 5.90. The normalized spacial score (nSPS) is 16.8. The molecule has 1 fully saturated rings. The summed E-state index contributed by atoms with van der Waals surface area (Å²) in [5.74, 6) is 0.994. The third-order valence-electron chi connectivity index (χ3n) is 4.50. The summed E-state index contributed by atoms with van der Waals surface area (Å²) in [6, 6.07) is 9.36. The zero-order chi connectivity index (χ0) is 17.9. The molecule has 0 bridgehead atoms. The summed E-state index contributed by atoms with van der Waals surface area (Å²) in [6.45, 7) is 3.23. The molecule has 8 nitrogen and oxygen atoms in total. The molecule has 2 amide bonds. The van der Waals surface area contributed by atoms with E-state index in [0.29, 0.717) is 11.8 Å². The molecule has 1 aliphatic rings. The molecule has 3 heterocycles. The number of anilines is 1. The van der Waals surface area contributed by atoms with Gasteiger partial charge < -0.3 is 14.6 Å². The van der Waals surface area contributed by atoms with E-state index in [9.17, 15) is 4.79 Å². The molecule has 0 radical (unpaired) electrons. The molecule has 1 saturated heterocycles. The lowest BCUT2D eigenvalue weighted by atomic mass is 10.2. The zero-order valence-corrected chi connectivity index (χ0v) is 14.5. The number of likely N-dealkylation sites (tertiary alicyclic amines) is 1. The second-order valence-electron chi connectivity index (χ2n) is 6.35. The quantitative estimate of drug-likeness (QED) is 0.780. The average Bonchev–Trinajstić information content (AvgIpc) is 3.38. The van der Waals surface area contributed by atoms with Gasteiger partial charge in [-0.2, -0.15) is 5.10 Å². The van der Waals surface area contributed by atoms with Crippen LogP contribution in [-0.4, -0.2) is 43.5 Å². The Labute approximate surface area is 150 Å². The minimum Gasteiger partial charge on any atom is -0.421 e. The van der Waals surface area contributed by atoms with Gasteiger partial charge in [0.2, 0.25) is 11.8 Å². The van der Waals surface area contributed by atoms with Gasteiger partial charge in [-0.1, -0.05) is 0 Å². The van der Waals surface area contributed by atoms with Crippen LogP contribution in [0.25, 0.3) is 11.5 Å². The van der Waals surface area contributed by atoms with Crippen LogP contribution in [0.2, 0.25) is 0 Å². The first-order chi connectivity index (χ1) is 12.7. The fourth-order valence-electron chi connectivity index (χ4n) is 3.22. The molecule has 1 aliphatic heterocycles. The van der Waals surface area contributed by atoms with Gasteiger partial charge in [-0.15, -0.1) is 10.2 Å². The Bertz CT molecular complexity index is 871. The highest BCUT2D eigenvalue weighted by atomic mass is 16.4. The number of hydrogen-bond donors (Lipinski definition) is 1. The van der Waals surface area contributed by atoms with Gasteiger partial charge in [0, 0.05) is 37.1 Å². The molecule has 2 aromatic heterocycles. The number of aryl methyl sites for hydroxylation is 1. The smallest absolute Gasteiger partial charge is 0.322 e. The Morgan fingerprint density at radius 3 is 2.85 bits per heavy atom. The average molecular weight is 352 g/mol. The monoisotopic (exact) mass is 352 g/mol. The molecule has 3 aromatic rings. The van der Waals surface area contributed by atoms with Gasteiger partial charge >= 0.3 is 6.03 Å².